The van der Waals surface area contributed by atoms with Gasteiger partial charge in [-0.3, -0.25) is 0 Å². The number of carbonyl (C=O) groups is 1. The van der Waals surface area contributed by atoms with Crippen molar-refractivity contribution < 1.29 is 13.2 Å². The first-order valence-electron chi connectivity index (χ1n) is 7.32. The van der Waals surface area contributed by atoms with Gasteiger partial charge in [0.05, 0.1) is 10.9 Å². The highest BCUT2D eigenvalue weighted by Crippen LogP contribution is 2.22. The fourth-order valence-corrected chi connectivity index (χ4v) is 3.72. The number of nitrogens with zero attached hydrogens (tertiary/aromatic N) is 1. The second kappa shape index (κ2) is 7.78. The number of urea groups is 1. The number of thiophene rings is 1. The van der Waals surface area contributed by atoms with E-state index in [1.165, 1.54) is 17.0 Å². The Balaban J connectivity index is 1.93. The van der Waals surface area contributed by atoms with Crippen molar-refractivity contribution >= 4 is 32.9 Å². The van der Waals surface area contributed by atoms with Crippen molar-refractivity contribution in [1.29, 1.82) is 0 Å². The number of anilines is 1. The molecule has 8 heteroatoms. The largest absolute Gasteiger partial charge is 0.336 e. The lowest BCUT2D eigenvalue weighted by atomic mass is 10.2. The smallest absolute Gasteiger partial charge is 0.319 e. The molecule has 2 N–H and O–H groups in total. The molecule has 2 amide bonds. The molecular weight excluding hydrogens is 346 g/mol. The lowest BCUT2D eigenvalue weighted by Gasteiger charge is -2.23. The van der Waals surface area contributed by atoms with Crippen LogP contribution in [-0.4, -0.2) is 46.2 Å². The Morgan fingerprint density at radius 1 is 1.21 bits per heavy atom. The lowest BCUT2D eigenvalue weighted by molar-refractivity contribution is 0.244. The van der Waals surface area contributed by atoms with Gasteiger partial charge in [0.25, 0.3) is 0 Å². The number of benzene rings is 1. The first-order chi connectivity index (χ1) is 11.3. The molecule has 0 aliphatic carbocycles. The second-order valence-corrected chi connectivity index (χ2v) is 8.62. The Kier molecular flexibility index (Phi) is 5.98. The van der Waals surface area contributed by atoms with Gasteiger partial charge in [-0.15, -0.1) is 11.3 Å². The average molecular weight is 367 g/mol. The van der Waals surface area contributed by atoms with E-state index in [1.807, 2.05) is 36.5 Å². The van der Waals surface area contributed by atoms with E-state index in [4.69, 9.17) is 0 Å². The molecule has 1 aromatic heterocycles. The molecule has 0 fully saturated rings. The van der Waals surface area contributed by atoms with Crippen molar-refractivity contribution in [3.05, 3.63) is 46.7 Å². The zero-order valence-corrected chi connectivity index (χ0v) is 15.4. The van der Waals surface area contributed by atoms with Gasteiger partial charge in [-0.05, 0) is 49.8 Å². The maximum Gasteiger partial charge on any atom is 0.319 e. The molecule has 2 rings (SSSR count). The van der Waals surface area contributed by atoms with Crippen LogP contribution in [0.3, 0.4) is 0 Å². The predicted octanol–water partition coefficient (Wildman–Crippen LogP) is 2.58. The minimum absolute atomic E-state index is 0.100. The van der Waals surface area contributed by atoms with E-state index in [-0.39, 0.29) is 17.0 Å². The predicted molar refractivity (Wildman–Crippen MR) is 97.3 cm³/mol. The zero-order chi connectivity index (χ0) is 17.7. The third-order valence-corrected chi connectivity index (χ3v) is 5.59. The summed E-state index contributed by atoms with van der Waals surface area (Å²) in [6.07, 6.45) is 1.15. The number of sulfone groups is 1. The van der Waals surface area contributed by atoms with E-state index in [0.717, 1.165) is 6.26 Å². The average Bonchev–Trinajstić information content (AvgIpc) is 3.00. The Labute approximate surface area is 146 Å². The quantitative estimate of drug-likeness (QED) is 0.822. The molecule has 2 aromatic rings. The van der Waals surface area contributed by atoms with Gasteiger partial charge in [-0.1, -0.05) is 6.07 Å². The monoisotopic (exact) mass is 367 g/mol. The van der Waals surface area contributed by atoms with Gasteiger partial charge >= 0.3 is 6.03 Å². The number of likely N-dealkylation sites (N-methyl/N-ethyl adjacent to an activating group) is 1. The second-order valence-electron chi connectivity index (χ2n) is 5.63. The summed E-state index contributed by atoms with van der Waals surface area (Å²) in [4.78, 5) is 15.5. The Hall–Kier alpha value is -1.90. The molecule has 0 aliphatic rings. The Morgan fingerprint density at radius 3 is 2.38 bits per heavy atom. The summed E-state index contributed by atoms with van der Waals surface area (Å²) < 4.78 is 22.8. The molecule has 0 bridgehead atoms. The summed E-state index contributed by atoms with van der Waals surface area (Å²) in [7, 11) is 0.695. The minimum atomic E-state index is -3.24. The molecular formula is C16H21N3O3S2. The van der Waals surface area contributed by atoms with Gasteiger partial charge in [-0.2, -0.15) is 0 Å². The van der Waals surface area contributed by atoms with Gasteiger partial charge in [0.2, 0.25) is 0 Å². The maximum atomic E-state index is 12.0. The maximum absolute atomic E-state index is 12.0. The number of amides is 2. The molecule has 24 heavy (non-hydrogen) atoms. The van der Waals surface area contributed by atoms with Crippen LogP contribution in [0.15, 0.2) is 46.7 Å². The van der Waals surface area contributed by atoms with E-state index in [1.54, 1.807) is 23.5 Å². The van der Waals surface area contributed by atoms with Crippen LogP contribution in [0.1, 0.15) is 10.9 Å². The molecule has 0 saturated carbocycles. The molecule has 0 spiro atoms. The summed E-state index contributed by atoms with van der Waals surface area (Å²) in [6, 6.07) is 9.88. The molecule has 6 nitrogen and oxygen atoms in total. The van der Waals surface area contributed by atoms with Crippen LogP contribution in [-0.2, 0) is 9.84 Å². The van der Waals surface area contributed by atoms with E-state index in [2.05, 4.69) is 10.6 Å². The van der Waals surface area contributed by atoms with Gasteiger partial charge in [-0.25, -0.2) is 13.2 Å². The minimum Gasteiger partial charge on any atom is -0.336 e. The molecule has 130 valence electrons. The van der Waals surface area contributed by atoms with Crippen LogP contribution < -0.4 is 10.6 Å². The number of nitrogens with one attached hydrogen (secondary N) is 2. The highest BCUT2D eigenvalue weighted by molar-refractivity contribution is 7.90. The van der Waals surface area contributed by atoms with Gasteiger partial charge in [0.15, 0.2) is 9.84 Å². The molecule has 1 unspecified atom stereocenters. The summed E-state index contributed by atoms with van der Waals surface area (Å²) in [5, 5.41) is 7.55. The molecule has 1 aromatic carbocycles. The highest BCUT2D eigenvalue weighted by Gasteiger charge is 2.16. The fraction of sp³-hybridized carbons (Fsp3) is 0.312. The van der Waals surface area contributed by atoms with E-state index >= 15 is 0 Å². The summed E-state index contributed by atoms with van der Waals surface area (Å²) in [6.45, 7) is 0.473. The van der Waals surface area contributed by atoms with Gasteiger partial charge < -0.3 is 15.5 Å². The SMILES string of the molecule is CN(C)C(CNC(=O)Nc1ccc(S(C)(=O)=O)cc1)c1cccs1. The highest BCUT2D eigenvalue weighted by atomic mass is 32.2. The lowest BCUT2D eigenvalue weighted by Crippen LogP contribution is -2.36. The van der Waals surface area contributed by atoms with E-state index in [9.17, 15) is 13.2 Å². The normalized spacial score (nSPS) is 12.8. The third-order valence-electron chi connectivity index (χ3n) is 3.49. The van der Waals surface area contributed by atoms with Gasteiger partial charge in [0.1, 0.15) is 0 Å². The van der Waals surface area contributed by atoms with E-state index in [0.29, 0.717) is 12.2 Å². The zero-order valence-electron chi connectivity index (χ0n) is 13.8. The first kappa shape index (κ1) is 18.4. The number of carbonyl (C=O) groups excluding carboxylic acids is 1. The van der Waals surface area contributed by atoms with Crippen molar-refractivity contribution in [3.8, 4) is 0 Å². The van der Waals surface area contributed by atoms with Crippen molar-refractivity contribution in [1.82, 2.24) is 10.2 Å². The topological polar surface area (TPSA) is 78.5 Å². The molecule has 0 saturated heterocycles. The Bertz CT molecular complexity index is 769. The van der Waals surface area contributed by atoms with Crippen molar-refractivity contribution in [3.63, 3.8) is 0 Å². The van der Waals surface area contributed by atoms with Crippen LogP contribution >= 0.6 is 11.3 Å². The number of hydrogen-bond acceptors (Lipinski definition) is 5. The Morgan fingerprint density at radius 2 is 1.88 bits per heavy atom. The number of rotatable bonds is 6. The van der Waals surface area contributed by atoms with Crippen LogP contribution in [0.2, 0.25) is 0 Å². The van der Waals surface area contributed by atoms with Crippen LogP contribution in [0.25, 0.3) is 0 Å². The summed E-state index contributed by atoms with van der Waals surface area (Å²) >= 11 is 1.65. The number of hydrogen-bond donors (Lipinski definition) is 2. The molecule has 1 heterocycles. The third kappa shape index (κ3) is 5.05. The molecule has 0 aliphatic heterocycles. The van der Waals surface area contributed by atoms with E-state index < -0.39 is 9.84 Å². The van der Waals surface area contributed by atoms with Crippen molar-refractivity contribution in [2.24, 2.45) is 0 Å². The van der Waals surface area contributed by atoms with Crippen LogP contribution in [0.4, 0.5) is 10.5 Å². The summed E-state index contributed by atoms with van der Waals surface area (Å²) in [5.41, 5.74) is 0.539. The fourth-order valence-electron chi connectivity index (χ4n) is 2.17. The van der Waals surface area contributed by atoms with Crippen LogP contribution in [0, 0.1) is 0 Å². The van der Waals surface area contributed by atoms with Crippen molar-refractivity contribution in [2.75, 3.05) is 32.2 Å². The molecule has 1 atom stereocenters. The van der Waals surface area contributed by atoms with Crippen LogP contribution in [0.5, 0.6) is 0 Å². The van der Waals surface area contributed by atoms with Gasteiger partial charge in [0, 0.05) is 23.4 Å². The standard InChI is InChI=1S/C16H21N3O3S2/c1-19(2)14(15-5-4-10-23-15)11-17-16(20)18-12-6-8-13(9-7-12)24(3,21)22/h4-10,14H,11H2,1-3H3,(H2,17,18,20). The molecule has 0 radical (unpaired) electrons. The first-order valence-corrected chi connectivity index (χ1v) is 10.1. The summed E-state index contributed by atoms with van der Waals surface area (Å²) in [5.74, 6) is 0. The van der Waals surface area contributed by atoms with Crippen molar-refractivity contribution in [2.45, 2.75) is 10.9 Å².